The molecule has 0 saturated carbocycles. The molecule has 2 rings (SSSR count). The Bertz CT molecular complexity index is 577. The quantitative estimate of drug-likeness (QED) is 0.744. The van der Waals surface area contributed by atoms with E-state index in [2.05, 4.69) is 0 Å². The van der Waals surface area contributed by atoms with Crippen LogP contribution in [0, 0.1) is 25.5 Å². The first-order valence-electron chi connectivity index (χ1n) is 5.32. The molecule has 2 aromatic carbocycles. The first-order chi connectivity index (χ1) is 8.00. The molecule has 0 aliphatic rings. The number of anilines is 1. The number of halogens is 2. The molecule has 88 valence electrons. The summed E-state index contributed by atoms with van der Waals surface area (Å²) in [6.45, 7) is 3.41. The molecule has 0 spiro atoms. The fourth-order valence-electron chi connectivity index (χ4n) is 1.76. The van der Waals surface area contributed by atoms with Crippen LogP contribution < -0.4 is 5.73 Å². The van der Waals surface area contributed by atoms with E-state index < -0.39 is 11.6 Å². The van der Waals surface area contributed by atoms with Gasteiger partial charge in [-0.3, -0.25) is 0 Å². The van der Waals surface area contributed by atoms with Crippen molar-refractivity contribution in [3.63, 3.8) is 0 Å². The Labute approximate surface area is 98.9 Å². The van der Waals surface area contributed by atoms with E-state index in [1.165, 1.54) is 6.92 Å². The highest BCUT2D eigenvalue weighted by Gasteiger charge is 2.14. The van der Waals surface area contributed by atoms with E-state index in [0.29, 0.717) is 11.3 Å². The van der Waals surface area contributed by atoms with Gasteiger partial charge in [0.25, 0.3) is 0 Å². The third-order valence-corrected chi connectivity index (χ3v) is 2.77. The van der Waals surface area contributed by atoms with Gasteiger partial charge in [-0.05, 0) is 31.5 Å². The van der Waals surface area contributed by atoms with Gasteiger partial charge in [-0.2, -0.15) is 0 Å². The van der Waals surface area contributed by atoms with Crippen molar-refractivity contribution in [3.05, 3.63) is 53.1 Å². The standard InChI is InChI=1S/C14H13F2N/c1-8-3-6-12(17)11(7-8)10-5-4-9(2)13(15)14(10)16/h3-7H,17H2,1-2H3. The van der Waals surface area contributed by atoms with Crippen molar-refractivity contribution in [1.82, 2.24) is 0 Å². The molecule has 0 radical (unpaired) electrons. The predicted octanol–water partition coefficient (Wildman–Crippen LogP) is 3.83. The molecule has 0 unspecified atom stereocenters. The van der Waals surface area contributed by atoms with Crippen LogP contribution in [0.2, 0.25) is 0 Å². The Kier molecular flexibility index (Phi) is 2.84. The average molecular weight is 233 g/mol. The van der Waals surface area contributed by atoms with Gasteiger partial charge in [0.2, 0.25) is 0 Å². The van der Waals surface area contributed by atoms with Crippen molar-refractivity contribution < 1.29 is 8.78 Å². The zero-order valence-electron chi connectivity index (χ0n) is 9.72. The van der Waals surface area contributed by atoms with E-state index in [-0.39, 0.29) is 11.1 Å². The van der Waals surface area contributed by atoms with Crippen molar-refractivity contribution in [1.29, 1.82) is 0 Å². The third-order valence-electron chi connectivity index (χ3n) is 2.77. The van der Waals surface area contributed by atoms with Gasteiger partial charge in [0.1, 0.15) is 0 Å². The predicted molar refractivity (Wildman–Crippen MR) is 65.7 cm³/mol. The minimum absolute atomic E-state index is 0.203. The number of benzene rings is 2. The summed E-state index contributed by atoms with van der Waals surface area (Å²) in [5.41, 5.74) is 8.21. The van der Waals surface area contributed by atoms with Gasteiger partial charge >= 0.3 is 0 Å². The number of hydrogen-bond donors (Lipinski definition) is 1. The molecule has 0 amide bonds. The first kappa shape index (κ1) is 11.6. The van der Waals surface area contributed by atoms with Crippen LogP contribution in [0.1, 0.15) is 11.1 Å². The number of rotatable bonds is 1. The van der Waals surface area contributed by atoms with Crippen LogP contribution >= 0.6 is 0 Å². The molecule has 0 fully saturated rings. The smallest absolute Gasteiger partial charge is 0.166 e. The molecular weight excluding hydrogens is 220 g/mol. The SMILES string of the molecule is Cc1ccc(N)c(-c2ccc(C)c(F)c2F)c1. The van der Waals surface area contributed by atoms with Crippen molar-refractivity contribution in [3.8, 4) is 11.1 Å². The Morgan fingerprint density at radius 1 is 0.882 bits per heavy atom. The van der Waals surface area contributed by atoms with Crippen molar-refractivity contribution >= 4 is 5.69 Å². The Hall–Kier alpha value is -1.90. The van der Waals surface area contributed by atoms with Crippen LogP contribution in [0.3, 0.4) is 0 Å². The van der Waals surface area contributed by atoms with E-state index in [4.69, 9.17) is 5.73 Å². The lowest BCUT2D eigenvalue weighted by molar-refractivity contribution is 0.505. The van der Waals surface area contributed by atoms with Crippen LogP contribution in [0.4, 0.5) is 14.5 Å². The second-order valence-corrected chi connectivity index (χ2v) is 4.15. The van der Waals surface area contributed by atoms with Crippen LogP contribution in [0.25, 0.3) is 11.1 Å². The molecular formula is C14H13F2N. The highest BCUT2D eigenvalue weighted by Crippen LogP contribution is 2.31. The van der Waals surface area contributed by atoms with Crippen LogP contribution in [-0.2, 0) is 0 Å². The molecule has 3 heteroatoms. The lowest BCUT2D eigenvalue weighted by atomic mass is 9.99. The van der Waals surface area contributed by atoms with Crippen LogP contribution in [0.5, 0.6) is 0 Å². The second-order valence-electron chi connectivity index (χ2n) is 4.15. The van der Waals surface area contributed by atoms with Crippen LogP contribution in [-0.4, -0.2) is 0 Å². The third kappa shape index (κ3) is 2.00. The molecule has 0 aliphatic carbocycles. The lowest BCUT2D eigenvalue weighted by Crippen LogP contribution is -1.96. The van der Waals surface area contributed by atoms with Gasteiger partial charge in [0, 0.05) is 16.8 Å². The molecule has 0 heterocycles. The maximum atomic E-state index is 13.8. The summed E-state index contributed by atoms with van der Waals surface area (Å²) in [5, 5.41) is 0. The topological polar surface area (TPSA) is 26.0 Å². The zero-order chi connectivity index (χ0) is 12.6. The first-order valence-corrected chi connectivity index (χ1v) is 5.32. The molecule has 0 saturated heterocycles. The van der Waals surface area contributed by atoms with E-state index in [0.717, 1.165) is 5.56 Å². The molecule has 0 aliphatic heterocycles. The molecule has 2 aromatic rings. The Morgan fingerprint density at radius 3 is 2.29 bits per heavy atom. The lowest BCUT2D eigenvalue weighted by Gasteiger charge is -2.09. The summed E-state index contributed by atoms with van der Waals surface area (Å²) in [7, 11) is 0. The molecule has 17 heavy (non-hydrogen) atoms. The number of nitrogens with two attached hydrogens (primary N) is 1. The number of hydrogen-bond acceptors (Lipinski definition) is 1. The Balaban J connectivity index is 2.69. The highest BCUT2D eigenvalue weighted by atomic mass is 19.2. The summed E-state index contributed by atoms with van der Waals surface area (Å²) in [6.07, 6.45) is 0. The van der Waals surface area contributed by atoms with E-state index in [9.17, 15) is 8.78 Å². The maximum Gasteiger partial charge on any atom is 0.166 e. The monoisotopic (exact) mass is 233 g/mol. The molecule has 0 aromatic heterocycles. The number of nitrogen functional groups attached to an aromatic ring is 1. The summed E-state index contributed by atoms with van der Waals surface area (Å²) in [4.78, 5) is 0. The van der Waals surface area contributed by atoms with Crippen LogP contribution in [0.15, 0.2) is 30.3 Å². The largest absolute Gasteiger partial charge is 0.398 e. The summed E-state index contributed by atoms with van der Waals surface area (Å²) < 4.78 is 27.3. The Morgan fingerprint density at radius 2 is 1.59 bits per heavy atom. The minimum atomic E-state index is -0.845. The van der Waals surface area contributed by atoms with Gasteiger partial charge in [0.15, 0.2) is 11.6 Å². The summed E-state index contributed by atoms with van der Waals surface area (Å²) >= 11 is 0. The fourth-order valence-corrected chi connectivity index (χ4v) is 1.76. The second kappa shape index (κ2) is 4.17. The van der Waals surface area contributed by atoms with Crippen molar-refractivity contribution in [2.45, 2.75) is 13.8 Å². The number of aryl methyl sites for hydroxylation is 2. The van der Waals surface area contributed by atoms with E-state index in [1.807, 2.05) is 13.0 Å². The van der Waals surface area contributed by atoms with Gasteiger partial charge < -0.3 is 5.73 Å². The fraction of sp³-hybridized carbons (Fsp3) is 0.143. The van der Waals surface area contributed by atoms with Gasteiger partial charge in [-0.1, -0.05) is 23.8 Å². The van der Waals surface area contributed by atoms with E-state index in [1.54, 1.807) is 24.3 Å². The van der Waals surface area contributed by atoms with Gasteiger partial charge in [-0.25, -0.2) is 8.78 Å². The molecule has 1 nitrogen and oxygen atoms in total. The average Bonchev–Trinajstić information content (AvgIpc) is 2.30. The molecule has 2 N–H and O–H groups in total. The summed E-state index contributed by atoms with van der Waals surface area (Å²) in [6, 6.07) is 8.39. The van der Waals surface area contributed by atoms with Crippen molar-refractivity contribution in [2.75, 3.05) is 5.73 Å². The highest BCUT2D eigenvalue weighted by molar-refractivity contribution is 5.77. The van der Waals surface area contributed by atoms with E-state index >= 15 is 0 Å². The van der Waals surface area contributed by atoms with Crippen molar-refractivity contribution in [2.24, 2.45) is 0 Å². The maximum absolute atomic E-state index is 13.8. The molecule has 0 bridgehead atoms. The zero-order valence-corrected chi connectivity index (χ0v) is 9.72. The summed E-state index contributed by atoms with van der Waals surface area (Å²) in [5.74, 6) is -1.66. The minimum Gasteiger partial charge on any atom is -0.398 e. The molecule has 0 atom stereocenters. The van der Waals surface area contributed by atoms with Gasteiger partial charge in [0.05, 0.1) is 0 Å². The van der Waals surface area contributed by atoms with Gasteiger partial charge in [-0.15, -0.1) is 0 Å². The normalized spacial score (nSPS) is 10.6.